The maximum Gasteiger partial charge on any atom is 0.223 e. The highest BCUT2D eigenvalue weighted by molar-refractivity contribution is 7.07. The Kier molecular flexibility index (Phi) is 4.74. The van der Waals surface area contributed by atoms with Crippen LogP contribution >= 0.6 is 11.3 Å². The number of anilines is 1. The first-order valence-electron chi connectivity index (χ1n) is 6.52. The van der Waals surface area contributed by atoms with E-state index in [1.165, 1.54) is 0 Å². The summed E-state index contributed by atoms with van der Waals surface area (Å²) in [6.45, 7) is 2.62. The summed E-state index contributed by atoms with van der Waals surface area (Å²) in [6.07, 6.45) is 0.491. The monoisotopic (exact) mass is 289 g/mol. The molecule has 0 saturated carbocycles. The van der Waals surface area contributed by atoms with Gasteiger partial charge in [0, 0.05) is 24.5 Å². The normalized spacial score (nSPS) is 12.1. The minimum Gasteiger partial charge on any atom is -0.399 e. The third-order valence-electron chi connectivity index (χ3n) is 3.29. The van der Waals surface area contributed by atoms with Crippen LogP contribution in [0.25, 0.3) is 0 Å². The van der Waals surface area contributed by atoms with Crippen LogP contribution < -0.4 is 5.73 Å². The Hall–Kier alpha value is -1.88. The van der Waals surface area contributed by atoms with Gasteiger partial charge in [0.2, 0.25) is 5.91 Å². The van der Waals surface area contributed by atoms with E-state index in [9.17, 15) is 4.79 Å². The van der Waals surface area contributed by atoms with Gasteiger partial charge in [-0.3, -0.25) is 4.79 Å². The van der Waals surface area contributed by atoms with Crippen LogP contribution in [0.15, 0.2) is 35.2 Å². The molecule has 20 heavy (non-hydrogen) atoms. The van der Waals surface area contributed by atoms with Gasteiger partial charge in [-0.15, -0.1) is 11.3 Å². The summed E-state index contributed by atoms with van der Waals surface area (Å²) in [6, 6.07) is 7.70. The van der Waals surface area contributed by atoms with Crippen LogP contribution in [0.2, 0.25) is 0 Å². The van der Waals surface area contributed by atoms with E-state index >= 15 is 0 Å². The quantitative estimate of drug-likeness (QED) is 0.861. The molecule has 1 aromatic heterocycles. The molecule has 5 heteroatoms. The third-order valence-corrected chi connectivity index (χ3v) is 3.93. The molecule has 0 bridgehead atoms. The molecule has 1 aromatic carbocycles. The van der Waals surface area contributed by atoms with Crippen molar-refractivity contribution in [3.05, 3.63) is 46.4 Å². The average molecular weight is 289 g/mol. The standard InChI is InChI=1S/C15H19N3OS/c1-11(12-3-5-13(16)6-4-12)7-15(19)18(2)8-14-9-20-10-17-14/h3-6,9-11H,7-8,16H2,1-2H3. The van der Waals surface area contributed by atoms with E-state index in [0.717, 1.165) is 16.9 Å². The molecule has 1 unspecified atom stereocenters. The van der Waals surface area contributed by atoms with Crippen molar-refractivity contribution >= 4 is 22.9 Å². The first-order chi connectivity index (χ1) is 9.56. The number of hydrogen-bond acceptors (Lipinski definition) is 4. The number of benzene rings is 1. The van der Waals surface area contributed by atoms with Crippen molar-refractivity contribution in [2.45, 2.75) is 25.8 Å². The Bertz CT molecular complexity index is 551. The van der Waals surface area contributed by atoms with Crippen LogP contribution in [-0.4, -0.2) is 22.8 Å². The highest BCUT2D eigenvalue weighted by Gasteiger charge is 2.15. The zero-order valence-electron chi connectivity index (χ0n) is 11.7. The summed E-state index contributed by atoms with van der Waals surface area (Å²) >= 11 is 1.54. The van der Waals surface area contributed by atoms with Gasteiger partial charge in [0.1, 0.15) is 0 Å². The van der Waals surface area contributed by atoms with E-state index in [-0.39, 0.29) is 11.8 Å². The summed E-state index contributed by atoms with van der Waals surface area (Å²) in [5.41, 5.74) is 10.3. The van der Waals surface area contributed by atoms with Crippen LogP contribution in [0.1, 0.15) is 30.5 Å². The van der Waals surface area contributed by atoms with Gasteiger partial charge in [0.15, 0.2) is 0 Å². The Balaban J connectivity index is 1.91. The van der Waals surface area contributed by atoms with Gasteiger partial charge in [-0.05, 0) is 23.6 Å². The molecule has 4 nitrogen and oxygen atoms in total. The largest absolute Gasteiger partial charge is 0.399 e. The van der Waals surface area contributed by atoms with E-state index in [0.29, 0.717) is 13.0 Å². The number of carbonyl (C=O) groups excluding carboxylic acids is 1. The predicted octanol–water partition coefficient (Wildman–Crippen LogP) is 2.88. The van der Waals surface area contributed by atoms with E-state index in [2.05, 4.69) is 11.9 Å². The van der Waals surface area contributed by atoms with Crippen molar-refractivity contribution < 1.29 is 4.79 Å². The highest BCUT2D eigenvalue weighted by Crippen LogP contribution is 2.21. The van der Waals surface area contributed by atoms with Crippen LogP contribution in [-0.2, 0) is 11.3 Å². The fourth-order valence-corrected chi connectivity index (χ4v) is 2.56. The molecule has 0 aliphatic carbocycles. The first-order valence-corrected chi connectivity index (χ1v) is 7.47. The van der Waals surface area contributed by atoms with Gasteiger partial charge in [0.05, 0.1) is 17.7 Å². The molecule has 2 rings (SSSR count). The van der Waals surface area contributed by atoms with Crippen LogP contribution in [0, 0.1) is 0 Å². The topological polar surface area (TPSA) is 59.2 Å². The maximum atomic E-state index is 12.2. The number of nitrogens with zero attached hydrogens (tertiary/aromatic N) is 2. The second-order valence-electron chi connectivity index (χ2n) is 5.00. The van der Waals surface area contributed by atoms with Crippen molar-refractivity contribution in [2.75, 3.05) is 12.8 Å². The molecule has 0 aliphatic heterocycles. The predicted molar refractivity (Wildman–Crippen MR) is 82.5 cm³/mol. The van der Waals surface area contributed by atoms with Crippen molar-refractivity contribution in [1.82, 2.24) is 9.88 Å². The number of thiazole rings is 1. The molecule has 1 atom stereocenters. The number of nitrogen functional groups attached to an aromatic ring is 1. The zero-order chi connectivity index (χ0) is 14.5. The van der Waals surface area contributed by atoms with Crippen LogP contribution in [0.4, 0.5) is 5.69 Å². The van der Waals surface area contributed by atoms with Gasteiger partial charge >= 0.3 is 0 Å². The highest BCUT2D eigenvalue weighted by atomic mass is 32.1. The molecule has 0 saturated heterocycles. The van der Waals surface area contributed by atoms with E-state index in [4.69, 9.17) is 5.73 Å². The molecular weight excluding hydrogens is 270 g/mol. The minimum absolute atomic E-state index is 0.127. The molecule has 1 heterocycles. The number of aromatic nitrogens is 1. The number of rotatable bonds is 5. The summed E-state index contributed by atoms with van der Waals surface area (Å²) in [5, 5.41) is 1.97. The molecule has 2 N–H and O–H groups in total. The Labute approximate surface area is 123 Å². The Morgan fingerprint density at radius 1 is 1.40 bits per heavy atom. The number of nitrogens with two attached hydrogens (primary N) is 1. The van der Waals surface area contributed by atoms with E-state index < -0.39 is 0 Å². The SMILES string of the molecule is CC(CC(=O)N(C)Cc1cscn1)c1ccc(N)cc1. The van der Waals surface area contributed by atoms with Crippen molar-refractivity contribution in [3.63, 3.8) is 0 Å². The second-order valence-corrected chi connectivity index (χ2v) is 5.72. The molecular formula is C15H19N3OS. The number of amides is 1. The summed E-state index contributed by atoms with van der Waals surface area (Å²) < 4.78 is 0. The van der Waals surface area contributed by atoms with Gasteiger partial charge in [0.25, 0.3) is 0 Å². The van der Waals surface area contributed by atoms with Gasteiger partial charge in [-0.1, -0.05) is 19.1 Å². The number of hydrogen-bond donors (Lipinski definition) is 1. The first kappa shape index (κ1) is 14.5. The lowest BCUT2D eigenvalue weighted by molar-refractivity contribution is -0.130. The van der Waals surface area contributed by atoms with Crippen molar-refractivity contribution in [2.24, 2.45) is 0 Å². The van der Waals surface area contributed by atoms with Gasteiger partial charge < -0.3 is 10.6 Å². The van der Waals surface area contributed by atoms with Gasteiger partial charge in [-0.2, -0.15) is 0 Å². The van der Waals surface area contributed by atoms with Crippen molar-refractivity contribution in [3.8, 4) is 0 Å². The third kappa shape index (κ3) is 3.81. The summed E-state index contributed by atoms with van der Waals surface area (Å²) in [5.74, 6) is 0.309. The number of carbonyl (C=O) groups is 1. The molecule has 1 amide bonds. The smallest absolute Gasteiger partial charge is 0.223 e. The summed E-state index contributed by atoms with van der Waals surface area (Å²) in [7, 11) is 1.82. The minimum atomic E-state index is 0.127. The fourth-order valence-electron chi connectivity index (χ4n) is 2.01. The average Bonchev–Trinajstić information content (AvgIpc) is 2.92. The Morgan fingerprint density at radius 2 is 2.10 bits per heavy atom. The lowest BCUT2D eigenvalue weighted by Gasteiger charge is -2.19. The molecule has 2 aromatic rings. The van der Waals surface area contributed by atoms with Crippen molar-refractivity contribution in [1.29, 1.82) is 0 Å². The van der Waals surface area contributed by atoms with Crippen LogP contribution in [0.3, 0.4) is 0 Å². The summed E-state index contributed by atoms with van der Waals surface area (Å²) in [4.78, 5) is 18.1. The lowest BCUT2D eigenvalue weighted by atomic mass is 9.97. The molecule has 0 spiro atoms. The zero-order valence-corrected chi connectivity index (χ0v) is 12.6. The molecule has 106 valence electrons. The van der Waals surface area contributed by atoms with Gasteiger partial charge in [-0.25, -0.2) is 4.98 Å². The molecule has 0 radical (unpaired) electrons. The van der Waals surface area contributed by atoms with Crippen LogP contribution in [0.5, 0.6) is 0 Å². The maximum absolute atomic E-state index is 12.2. The Morgan fingerprint density at radius 3 is 2.70 bits per heavy atom. The lowest BCUT2D eigenvalue weighted by Crippen LogP contribution is -2.27. The van der Waals surface area contributed by atoms with E-state index in [1.807, 2.05) is 36.7 Å². The fraction of sp³-hybridized carbons (Fsp3) is 0.333. The van der Waals surface area contributed by atoms with E-state index in [1.54, 1.807) is 21.7 Å². The molecule has 0 fully saturated rings. The molecule has 0 aliphatic rings. The second kappa shape index (κ2) is 6.52.